The summed E-state index contributed by atoms with van der Waals surface area (Å²) in [5.41, 5.74) is 0. The maximum Gasteiger partial charge on any atom is 0.234 e. The molecule has 0 aliphatic carbocycles. The second kappa shape index (κ2) is 9.61. The lowest BCUT2D eigenvalue weighted by Crippen LogP contribution is -2.37. The number of rotatable bonds is 9. The van der Waals surface area contributed by atoms with Gasteiger partial charge in [0.25, 0.3) is 0 Å². The molecule has 1 N–H and O–H groups in total. The summed E-state index contributed by atoms with van der Waals surface area (Å²) in [6, 6.07) is 9.32. The summed E-state index contributed by atoms with van der Waals surface area (Å²) in [5, 5.41) is 11.2. The van der Waals surface area contributed by atoms with Gasteiger partial charge in [-0.15, -0.1) is 0 Å². The van der Waals surface area contributed by atoms with Crippen LogP contribution in [0.25, 0.3) is 0 Å². The fraction of sp³-hybridized carbons (Fsp3) is 0.467. The highest BCUT2D eigenvalue weighted by Crippen LogP contribution is 2.17. The van der Waals surface area contributed by atoms with Crippen molar-refractivity contribution in [2.75, 3.05) is 39.9 Å². The summed E-state index contributed by atoms with van der Waals surface area (Å²) < 4.78 is 10.8. The molecule has 1 aromatic carbocycles. The van der Waals surface area contributed by atoms with E-state index in [0.29, 0.717) is 19.8 Å². The molecule has 6 nitrogen and oxygen atoms in total. The SMILES string of the molecule is CCOc1ccc(OCCNC(=O)CN(C)CC#N)cc1. The van der Waals surface area contributed by atoms with Gasteiger partial charge in [-0.3, -0.25) is 9.69 Å². The Kier molecular flexibility index (Phi) is 7.69. The molecule has 21 heavy (non-hydrogen) atoms. The van der Waals surface area contributed by atoms with E-state index in [4.69, 9.17) is 14.7 Å². The van der Waals surface area contributed by atoms with Gasteiger partial charge in [-0.2, -0.15) is 5.26 Å². The van der Waals surface area contributed by atoms with Crippen molar-refractivity contribution in [3.8, 4) is 17.6 Å². The zero-order valence-electron chi connectivity index (χ0n) is 12.5. The van der Waals surface area contributed by atoms with Gasteiger partial charge in [-0.05, 0) is 38.2 Å². The molecule has 1 amide bonds. The summed E-state index contributed by atoms with van der Waals surface area (Å²) in [4.78, 5) is 13.2. The van der Waals surface area contributed by atoms with Crippen molar-refractivity contribution in [3.63, 3.8) is 0 Å². The standard InChI is InChI=1S/C15H21N3O3/c1-3-20-13-4-6-14(7-5-13)21-11-9-17-15(19)12-18(2)10-8-16/h4-7H,3,9-12H2,1-2H3,(H,17,19). The molecular formula is C15H21N3O3. The molecular weight excluding hydrogens is 270 g/mol. The van der Waals surface area contributed by atoms with Crippen molar-refractivity contribution < 1.29 is 14.3 Å². The van der Waals surface area contributed by atoms with E-state index in [2.05, 4.69) is 5.32 Å². The second-order valence-corrected chi connectivity index (χ2v) is 4.43. The first-order valence-electron chi connectivity index (χ1n) is 6.83. The topological polar surface area (TPSA) is 74.6 Å². The van der Waals surface area contributed by atoms with Crippen LogP contribution in [0.4, 0.5) is 0 Å². The zero-order valence-corrected chi connectivity index (χ0v) is 12.5. The highest BCUT2D eigenvalue weighted by molar-refractivity contribution is 5.77. The maximum atomic E-state index is 11.5. The molecule has 0 aliphatic heterocycles. The minimum Gasteiger partial charge on any atom is -0.494 e. The van der Waals surface area contributed by atoms with Crippen molar-refractivity contribution >= 4 is 5.91 Å². The molecule has 114 valence electrons. The number of carbonyl (C=O) groups excluding carboxylic acids is 1. The van der Waals surface area contributed by atoms with E-state index < -0.39 is 0 Å². The van der Waals surface area contributed by atoms with Crippen LogP contribution in [0.1, 0.15) is 6.92 Å². The molecule has 0 saturated heterocycles. The van der Waals surface area contributed by atoms with Crippen LogP contribution in [-0.2, 0) is 4.79 Å². The van der Waals surface area contributed by atoms with E-state index in [1.165, 1.54) is 0 Å². The Morgan fingerprint density at radius 2 is 1.90 bits per heavy atom. The fourth-order valence-corrected chi connectivity index (χ4v) is 1.64. The monoisotopic (exact) mass is 291 g/mol. The van der Waals surface area contributed by atoms with Gasteiger partial charge in [-0.1, -0.05) is 0 Å². The first-order valence-corrected chi connectivity index (χ1v) is 6.83. The average molecular weight is 291 g/mol. The van der Waals surface area contributed by atoms with E-state index in [-0.39, 0.29) is 19.0 Å². The van der Waals surface area contributed by atoms with Crippen LogP contribution in [0.15, 0.2) is 24.3 Å². The molecule has 0 fully saturated rings. The Hall–Kier alpha value is -2.26. The van der Waals surface area contributed by atoms with E-state index in [1.807, 2.05) is 37.3 Å². The van der Waals surface area contributed by atoms with Crippen molar-refractivity contribution in [2.45, 2.75) is 6.92 Å². The lowest BCUT2D eigenvalue weighted by molar-refractivity contribution is -0.121. The molecule has 0 atom stereocenters. The van der Waals surface area contributed by atoms with Gasteiger partial charge in [0.05, 0.1) is 32.3 Å². The van der Waals surface area contributed by atoms with Crippen LogP contribution in [-0.4, -0.2) is 50.7 Å². The Labute approximate surface area is 125 Å². The zero-order chi connectivity index (χ0) is 15.5. The highest BCUT2D eigenvalue weighted by atomic mass is 16.5. The van der Waals surface area contributed by atoms with Gasteiger partial charge < -0.3 is 14.8 Å². The van der Waals surface area contributed by atoms with Crippen LogP contribution in [0.2, 0.25) is 0 Å². The Morgan fingerprint density at radius 1 is 1.29 bits per heavy atom. The van der Waals surface area contributed by atoms with Gasteiger partial charge in [-0.25, -0.2) is 0 Å². The van der Waals surface area contributed by atoms with Crippen LogP contribution in [0.3, 0.4) is 0 Å². The molecule has 0 unspecified atom stereocenters. The van der Waals surface area contributed by atoms with Crippen molar-refractivity contribution in [1.29, 1.82) is 5.26 Å². The molecule has 6 heteroatoms. The number of hydrogen-bond donors (Lipinski definition) is 1. The largest absolute Gasteiger partial charge is 0.494 e. The molecule has 1 aromatic rings. The van der Waals surface area contributed by atoms with Crippen LogP contribution >= 0.6 is 0 Å². The predicted octanol–water partition coefficient (Wildman–Crippen LogP) is 1.04. The Balaban J connectivity index is 2.19. The third-order valence-corrected chi connectivity index (χ3v) is 2.58. The number of nitrogens with zero attached hydrogens (tertiary/aromatic N) is 2. The Bertz CT molecular complexity index is 468. The first-order chi connectivity index (χ1) is 10.2. The van der Waals surface area contributed by atoms with Gasteiger partial charge >= 0.3 is 0 Å². The number of amides is 1. The lowest BCUT2D eigenvalue weighted by atomic mass is 10.3. The summed E-state index contributed by atoms with van der Waals surface area (Å²) in [6.45, 7) is 3.81. The molecule has 0 spiro atoms. The third kappa shape index (κ3) is 7.18. The maximum absolute atomic E-state index is 11.5. The minimum atomic E-state index is -0.122. The first kappa shape index (κ1) is 16.8. The minimum absolute atomic E-state index is 0.122. The number of nitriles is 1. The number of nitrogens with one attached hydrogen (secondary N) is 1. The van der Waals surface area contributed by atoms with E-state index in [0.717, 1.165) is 11.5 Å². The van der Waals surface area contributed by atoms with Crippen LogP contribution < -0.4 is 14.8 Å². The molecule has 0 aromatic heterocycles. The Morgan fingerprint density at radius 3 is 2.48 bits per heavy atom. The normalized spacial score (nSPS) is 10.0. The predicted molar refractivity (Wildman–Crippen MR) is 79.2 cm³/mol. The smallest absolute Gasteiger partial charge is 0.234 e. The molecule has 1 rings (SSSR count). The van der Waals surface area contributed by atoms with E-state index in [1.54, 1.807) is 11.9 Å². The molecule has 0 saturated carbocycles. The van der Waals surface area contributed by atoms with Gasteiger partial charge in [0.1, 0.15) is 18.1 Å². The van der Waals surface area contributed by atoms with Crippen molar-refractivity contribution in [2.24, 2.45) is 0 Å². The van der Waals surface area contributed by atoms with Gasteiger partial charge in [0.15, 0.2) is 0 Å². The summed E-state index contributed by atoms with van der Waals surface area (Å²) in [7, 11) is 1.72. The number of benzene rings is 1. The third-order valence-electron chi connectivity index (χ3n) is 2.58. The fourth-order valence-electron chi connectivity index (χ4n) is 1.64. The van der Waals surface area contributed by atoms with Gasteiger partial charge in [0.2, 0.25) is 5.91 Å². The second-order valence-electron chi connectivity index (χ2n) is 4.43. The number of hydrogen-bond acceptors (Lipinski definition) is 5. The summed E-state index contributed by atoms with van der Waals surface area (Å²) in [5.74, 6) is 1.41. The molecule has 0 heterocycles. The van der Waals surface area contributed by atoms with Crippen LogP contribution in [0.5, 0.6) is 11.5 Å². The summed E-state index contributed by atoms with van der Waals surface area (Å²) in [6.07, 6.45) is 0. The van der Waals surface area contributed by atoms with E-state index >= 15 is 0 Å². The number of likely N-dealkylation sites (N-methyl/N-ethyl adjacent to an activating group) is 1. The number of carbonyl (C=O) groups is 1. The van der Waals surface area contributed by atoms with Crippen LogP contribution in [0, 0.1) is 11.3 Å². The van der Waals surface area contributed by atoms with E-state index in [9.17, 15) is 4.79 Å². The molecule has 0 radical (unpaired) electrons. The molecule has 0 bridgehead atoms. The lowest BCUT2D eigenvalue weighted by Gasteiger charge is -2.12. The number of ether oxygens (including phenoxy) is 2. The highest BCUT2D eigenvalue weighted by Gasteiger charge is 2.05. The van der Waals surface area contributed by atoms with Gasteiger partial charge in [0, 0.05) is 0 Å². The quantitative estimate of drug-likeness (QED) is 0.543. The average Bonchev–Trinajstić information content (AvgIpc) is 2.46. The summed E-state index contributed by atoms with van der Waals surface area (Å²) >= 11 is 0. The molecule has 0 aliphatic rings. The van der Waals surface area contributed by atoms with Crippen molar-refractivity contribution in [1.82, 2.24) is 10.2 Å². The van der Waals surface area contributed by atoms with Crippen molar-refractivity contribution in [3.05, 3.63) is 24.3 Å².